The normalized spacial score (nSPS) is 16.2. The average Bonchev–Trinajstić information content (AvgIpc) is 2.91. The zero-order chi connectivity index (χ0) is 25.7. The molecule has 0 spiro atoms. The van der Waals surface area contributed by atoms with Crippen LogP contribution in [0.1, 0.15) is 46.7 Å². The maximum atomic E-state index is 13.4. The van der Waals surface area contributed by atoms with Gasteiger partial charge in [0, 0.05) is 11.8 Å². The number of hydrogen-bond donors (Lipinski definition) is 1. The molecule has 186 valence electrons. The van der Waals surface area contributed by atoms with E-state index in [0.717, 1.165) is 16.7 Å². The minimum Gasteiger partial charge on any atom is -0.493 e. The minimum atomic E-state index is -0.827. The van der Waals surface area contributed by atoms with Crippen molar-refractivity contribution >= 4 is 28.6 Å². The number of carbonyl (C=O) groups excluding carboxylic acids is 2. The second-order valence-corrected chi connectivity index (χ2v) is 9.34. The molecule has 1 N–H and O–H groups in total. The van der Waals surface area contributed by atoms with E-state index in [2.05, 4.69) is 10.3 Å². The van der Waals surface area contributed by atoms with Crippen molar-refractivity contribution in [3.8, 4) is 11.5 Å². The largest absolute Gasteiger partial charge is 0.493 e. The topological polar surface area (TPSA) is 93.1 Å². The van der Waals surface area contributed by atoms with Gasteiger partial charge in [-0.3, -0.25) is 14.6 Å². The third kappa shape index (κ3) is 5.36. The Balaban J connectivity index is 1.79. The summed E-state index contributed by atoms with van der Waals surface area (Å²) in [5.41, 5.74) is 3.51. The van der Waals surface area contributed by atoms with E-state index in [-0.39, 0.29) is 16.2 Å². The molecule has 2 atom stereocenters. The van der Waals surface area contributed by atoms with Crippen LogP contribution in [0.15, 0.2) is 72.0 Å². The highest BCUT2D eigenvalue weighted by Gasteiger charge is 2.36. The molecular formula is C27H28N4O4S. The third-order valence-electron chi connectivity index (χ3n) is 5.77. The predicted octanol–water partition coefficient (Wildman–Crippen LogP) is 5.19. The molecule has 0 bridgehead atoms. The first kappa shape index (κ1) is 25.2. The fourth-order valence-electron chi connectivity index (χ4n) is 3.95. The van der Waals surface area contributed by atoms with Crippen LogP contribution in [-0.2, 0) is 0 Å². The number of hydrazone groups is 1. The summed E-state index contributed by atoms with van der Waals surface area (Å²) in [6.45, 7) is 3.97. The summed E-state index contributed by atoms with van der Waals surface area (Å²) in [4.78, 5) is 30.6. The molecule has 1 aliphatic rings. The molecular weight excluding hydrogens is 476 g/mol. The lowest BCUT2D eigenvalue weighted by atomic mass is 10.0. The fourth-order valence-corrected chi connectivity index (χ4v) is 4.91. The first-order valence-electron chi connectivity index (χ1n) is 11.5. The predicted molar refractivity (Wildman–Crippen MR) is 141 cm³/mol. The van der Waals surface area contributed by atoms with Crippen LogP contribution >= 0.6 is 11.8 Å². The number of pyridine rings is 1. The molecule has 36 heavy (non-hydrogen) atoms. The van der Waals surface area contributed by atoms with Gasteiger partial charge in [-0.05, 0) is 49.2 Å². The quantitative estimate of drug-likeness (QED) is 0.454. The Morgan fingerprint density at radius 2 is 1.89 bits per heavy atom. The van der Waals surface area contributed by atoms with Crippen LogP contribution in [0.3, 0.4) is 0 Å². The monoisotopic (exact) mass is 504 g/mol. The highest BCUT2D eigenvalue weighted by atomic mass is 32.2. The van der Waals surface area contributed by atoms with Crippen LogP contribution in [0, 0.1) is 6.92 Å². The lowest BCUT2D eigenvalue weighted by Crippen LogP contribution is -2.44. The molecule has 3 aromatic rings. The minimum absolute atomic E-state index is 0.156. The number of nitrogens with one attached hydrogen (secondary N) is 1. The van der Waals surface area contributed by atoms with Gasteiger partial charge in [-0.25, -0.2) is 0 Å². The molecule has 8 nitrogen and oxygen atoms in total. The fraction of sp³-hybridized carbons (Fsp3) is 0.259. The van der Waals surface area contributed by atoms with E-state index >= 15 is 0 Å². The number of nitrogens with zero attached hydrogens (tertiary/aromatic N) is 3. The molecule has 0 fully saturated rings. The summed E-state index contributed by atoms with van der Waals surface area (Å²) in [5.74, 6) is 0.770. The maximum absolute atomic E-state index is 13.4. The van der Waals surface area contributed by atoms with Crippen LogP contribution in [0.5, 0.6) is 11.5 Å². The highest BCUT2D eigenvalue weighted by Crippen LogP contribution is 2.36. The lowest BCUT2D eigenvalue weighted by molar-refractivity contribution is 0.0882. The first-order chi connectivity index (χ1) is 17.4. The summed E-state index contributed by atoms with van der Waals surface area (Å²) in [7, 11) is 3.16. The Labute approximate surface area is 214 Å². The van der Waals surface area contributed by atoms with E-state index in [1.807, 2.05) is 56.3 Å². The number of benzene rings is 2. The number of hydrogen-bond acceptors (Lipinski definition) is 7. The van der Waals surface area contributed by atoms with Gasteiger partial charge in [0.1, 0.15) is 5.69 Å². The van der Waals surface area contributed by atoms with Crippen molar-refractivity contribution < 1.29 is 19.1 Å². The molecule has 0 radical (unpaired) electrons. The molecule has 2 aromatic carbocycles. The van der Waals surface area contributed by atoms with Crippen molar-refractivity contribution in [3.63, 3.8) is 0 Å². The maximum Gasteiger partial charge on any atom is 0.304 e. The summed E-state index contributed by atoms with van der Waals surface area (Å²) >= 11 is 1.19. The standard InChI is InChI=1S/C27H28N4O4S/c1-5-23-24(18-12-13-21(34-3)22(16-18)35-4)30-31(27(33)36-23)25(19-10-8-9-17(2)15-19)29-26(32)20-11-6-7-14-28-20/h6-16,23,25H,5H2,1-4H3,(H,29,32). The first-order valence-corrected chi connectivity index (χ1v) is 12.4. The number of aromatic nitrogens is 1. The number of aryl methyl sites for hydroxylation is 1. The third-order valence-corrected chi connectivity index (χ3v) is 7.00. The number of ether oxygens (including phenoxy) is 2. The number of thioether (sulfide) groups is 1. The van der Waals surface area contributed by atoms with Gasteiger partial charge in [0.2, 0.25) is 0 Å². The SMILES string of the molecule is CCC1SC(=O)N(C(NC(=O)c2ccccn2)c2cccc(C)c2)N=C1c1ccc(OC)c(OC)c1. The van der Waals surface area contributed by atoms with Gasteiger partial charge >= 0.3 is 5.24 Å². The smallest absolute Gasteiger partial charge is 0.304 e. The zero-order valence-electron chi connectivity index (χ0n) is 20.6. The number of methoxy groups -OCH3 is 2. The molecule has 1 aromatic heterocycles. The summed E-state index contributed by atoms with van der Waals surface area (Å²) in [5, 5.41) is 8.72. The molecule has 2 amide bonds. The molecule has 0 aliphatic carbocycles. The van der Waals surface area contributed by atoms with Gasteiger partial charge < -0.3 is 14.8 Å². The molecule has 2 heterocycles. The number of carbonyl (C=O) groups is 2. The number of amides is 2. The molecule has 0 saturated heterocycles. The van der Waals surface area contributed by atoms with Gasteiger partial charge in [0.15, 0.2) is 17.7 Å². The summed E-state index contributed by atoms with van der Waals surface area (Å²) in [6.07, 6.45) is 1.43. The van der Waals surface area contributed by atoms with Gasteiger partial charge in [-0.2, -0.15) is 10.1 Å². The second-order valence-electron chi connectivity index (χ2n) is 8.19. The molecule has 4 rings (SSSR count). The van der Waals surface area contributed by atoms with Crippen LogP contribution in [0.4, 0.5) is 4.79 Å². The van der Waals surface area contributed by atoms with E-state index in [1.165, 1.54) is 16.8 Å². The Bertz CT molecular complexity index is 1280. The van der Waals surface area contributed by atoms with Crippen molar-refractivity contribution in [1.29, 1.82) is 0 Å². The van der Waals surface area contributed by atoms with Crippen LogP contribution in [0.25, 0.3) is 0 Å². The van der Waals surface area contributed by atoms with E-state index < -0.39 is 12.1 Å². The van der Waals surface area contributed by atoms with Crippen LogP contribution in [-0.4, -0.2) is 46.3 Å². The molecule has 0 saturated carbocycles. The van der Waals surface area contributed by atoms with Gasteiger partial charge in [0.05, 0.1) is 25.2 Å². The van der Waals surface area contributed by atoms with Crippen LogP contribution in [0.2, 0.25) is 0 Å². The number of rotatable bonds is 8. The van der Waals surface area contributed by atoms with E-state index in [0.29, 0.717) is 23.6 Å². The van der Waals surface area contributed by atoms with Gasteiger partial charge in [0.25, 0.3) is 5.91 Å². The Morgan fingerprint density at radius 1 is 1.08 bits per heavy atom. The summed E-state index contributed by atoms with van der Waals surface area (Å²) in [6, 6.07) is 18.3. The van der Waals surface area contributed by atoms with Crippen LogP contribution < -0.4 is 14.8 Å². The molecule has 9 heteroatoms. The van der Waals surface area contributed by atoms with E-state index in [9.17, 15) is 9.59 Å². The second kappa shape index (κ2) is 11.3. The zero-order valence-corrected chi connectivity index (χ0v) is 21.4. The molecule has 2 unspecified atom stereocenters. The molecule has 1 aliphatic heterocycles. The van der Waals surface area contributed by atoms with Crippen molar-refractivity contribution in [1.82, 2.24) is 15.3 Å². The van der Waals surface area contributed by atoms with Gasteiger partial charge in [-0.1, -0.05) is 54.6 Å². The Kier molecular flexibility index (Phi) is 7.90. The average molecular weight is 505 g/mol. The highest BCUT2D eigenvalue weighted by molar-refractivity contribution is 8.14. The summed E-state index contributed by atoms with van der Waals surface area (Å²) < 4.78 is 10.9. The van der Waals surface area contributed by atoms with Crippen molar-refractivity contribution in [2.45, 2.75) is 31.7 Å². The lowest BCUT2D eigenvalue weighted by Gasteiger charge is -2.34. The Hall–Kier alpha value is -3.85. The van der Waals surface area contributed by atoms with E-state index in [4.69, 9.17) is 14.6 Å². The van der Waals surface area contributed by atoms with Crippen molar-refractivity contribution in [3.05, 3.63) is 89.2 Å². The van der Waals surface area contributed by atoms with Gasteiger partial charge in [-0.15, -0.1) is 0 Å². The Morgan fingerprint density at radius 3 is 2.56 bits per heavy atom. The van der Waals surface area contributed by atoms with Crippen molar-refractivity contribution in [2.75, 3.05) is 14.2 Å². The van der Waals surface area contributed by atoms with E-state index in [1.54, 1.807) is 38.6 Å². The van der Waals surface area contributed by atoms with Crippen molar-refractivity contribution in [2.24, 2.45) is 5.10 Å².